The predicted octanol–water partition coefficient (Wildman–Crippen LogP) is 0.881. The Hall–Kier alpha value is -3.69. The van der Waals surface area contributed by atoms with E-state index >= 15 is 0 Å². The summed E-state index contributed by atoms with van der Waals surface area (Å²) in [6, 6.07) is 4.87. The number of likely N-dealkylation sites (tertiary alicyclic amines) is 1. The van der Waals surface area contributed by atoms with Gasteiger partial charge in [0.25, 0.3) is 11.8 Å². The summed E-state index contributed by atoms with van der Waals surface area (Å²) in [6.45, 7) is 2.21. The van der Waals surface area contributed by atoms with E-state index in [4.69, 9.17) is 10.2 Å². The second kappa shape index (κ2) is 6.48. The first-order chi connectivity index (χ1) is 13.4. The van der Waals surface area contributed by atoms with Crippen molar-refractivity contribution in [2.45, 2.75) is 6.92 Å². The van der Waals surface area contributed by atoms with Crippen molar-refractivity contribution in [3.8, 4) is 11.5 Å². The van der Waals surface area contributed by atoms with Gasteiger partial charge in [0, 0.05) is 13.1 Å². The molecule has 2 amide bonds. The minimum atomic E-state index is -0.933. The number of hydrogen-bond acceptors (Lipinski definition) is 6. The Morgan fingerprint density at radius 1 is 1.32 bits per heavy atom. The van der Waals surface area contributed by atoms with Gasteiger partial charge < -0.3 is 20.2 Å². The van der Waals surface area contributed by atoms with Crippen LogP contribution in [0.15, 0.2) is 35.2 Å². The molecule has 0 bridgehead atoms. The number of imidazole rings is 1. The van der Waals surface area contributed by atoms with E-state index < -0.39 is 17.8 Å². The van der Waals surface area contributed by atoms with Gasteiger partial charge in [-0.15, -0.1) is 0 Å². The molecule has 28 heavy (non-hydrogen) atoms. The maximum Gasteiger partial charge on any atom is 0.308 e. The van der Waals surface area contributed by atoms with Crippen LogP contribution in [0, 0.1) is 11.8 Å². The smallest absolute Gasteiger partial charge is 0.308 e. The summed E-state index contributed by atoms with van der Waals surface area (Å²) >= 11 is 0. The molecule has 3 N–H and O–H groups in total. The summed E-state index contributed by atoms with van der Waals surface area (Å²) < 4.78 is 6.74. The van der Waals surface area contributed by atoms with E-state index in [0.717, 1.165) is 0 Å². The number of nitrogens with two attached hydrogens (primary N) is 1. The summed E-state index contributed by atoms with van der Waals surface area (Å²) in [5.74, 6) is -2.49. The van der Waals surface area contributed by atoms with Crippen molar-refractivity contribution in [2.24, 2.45) is 17.6 Å². The normalized spacial score (nSPS) is 19.2. The number of carboxylic acids is 1. The molecule has 4 heterocycles. The molecule has 0 saturated carbocycles. The number of amides is 2. The van der Waals surface area contributed by atoms with Gasteiger partial charge in [0.2, 0.25) is 0 Å². The van der Waals surface area contributed by atoms with Crippen LogP contribution in [0.25, 0.3) is 17.1 Å². The van der Waals surface area contributed by atoms with Crippen LogP contribution in [0.2, 0.25) is 0 Å². The van der Waals surface area contributed by atoms with Gasteiger partial charge >= 0.3 is 5.97 Å². The number of carbonyl (C=O) groups excluding carboxylic acids is 2. The van der Waals surface area contributed by atoms with Crippen LogP contribution in [0.3, 0.4) is 0 Å². The van der Waals surface area contributed by atoms with Crippen molar-refractivity contribution >= 4 is 23.4 Å². The number of nitrogens with zero attached hydrogens (tertiary/aromatic N) is 4. The molecule has 1 aliphatic heterocycles. The van der Waals surface area contributed by atoms with Gasteiger partial charge in [-0.1, -0.05) is 6.92 Å². The monoisotopic (exact) mass is 383 g/mol. The quantitative estimate of drug-likeness (QED) is 0.680. The number of carboxylic acid groups (broad SMARTS) is 1. The number of primary amides is 1. The Balaban J connectivity index is 1.83. The van der Waals surface area contributed by atoms with Crippen LogP contribution < -0.4 is 5.73 Å². The Morgan fingerprint density at radius 2 is 2.11 bits per heavy atom. The molecule has 3 aromatic heterocycles. The molecule has 0 radical (unpaired) electrons. The second-order valence-electron chi connectivity index (χ2n) is 6.79. The van der Waals surface area contributed by atoms with Crippen LogP contribution in [0.4, 0.5) is 0 Å². The number of aliphatic carboxylic acids is 1. The van der Waals surface area contributed by atoms with Gasteiger partial charge in [-0.2, -0.15) is 0 Å². The lowest BCUT2D eigenvalue weighted by Crippen LogP contribution is -2.31. The number of furan rings is 1. The van der Waals surface area contributed by atoms with E-state index in [1.165, 1.54) is 28.0 Å². The zero-order valence-electron chi connectivity index (χ0n) is 14.9. The number of fused-ring (bicyclic) bond motifs is 1. The summed E-state index contributed by atoms with van der Waals surface area (Å²) in [5, 5.41) is 9.33. The Labute approximate surface area is 158 Å². The van der Waals surface area contributed by atoms with Gasteiger partial charge in [-0.05, 0) is 24.1 Å². The molecule has 1 saturated heterocycles. The van der Waals surface area contributed by atoms with E-state index in [0.29, 0.717) is 18.0 Å². The first kappa shape index (κ1) is 17.7. The molecule has 0 spiro atoms. The van der Waals surface area contributed by atoms with Crippen molar-refractivity contribution in [3.63, 3.8) is 0 Å². The fourth-order valence-electron chi connectivity index (χ4n) is 3.48. The SMILES string of the molecule is C[C@@H]1CN(C(=O)c2cc(-c3ccco3)nc3c(C(N)=O)ncn23)C[C@H]1C(=O)O. The molecule has 0 aromatic carbocycles. The Bertz CT molecular complexity index is 1090. The maximum absolute atomic E-state index is 13.2. The highest BCUT2D eigenvalue weighted by molar-refractivity contribution is 5.99. The zero-order chi connectivity index (χ0) is 20.0. The van der Waals surface area contributed by atoms with Crippen LogP contribution in [0.5, 0.6) is 0 Å². The lowest BCUT2D eigenvalue weighted by atomic mass is 9.99. The fourth-order valence-corrected chi connectivity index (χ4v) is 3.48. The highest BCUT2D eigenvalue weighted by Gasteiger charge is 2.38. The van der Waals surface area contributed by atoms with Gasteiger partial charge in [-0.3, -0.25) is 18.8 Å². The average Bonchev–Trinajstić information content (AvgIpc) is 3.38. The van der Waals surface area contributed by atoms with Gasteiger partial charge in [0.05, 0.1) is 12.2 Å². The summed E-state index contributed by atoms with van der Waals surface area (Å²) in [5.41, 5.74) is 5.96. The lowest BCUT2D eigenvalue weighted by molar-refractivity contribution is -0.142. The maximum atomic E-state index is 13.2. The van der Waals surface area contributed by atoms with Crippen molar-refractivity contribution in [3.05, 3.63) is 42.2 Å². The summed E-state index contributed by atoms with van der Waals surface area (Å²) in [4.78, 5) is 46.1. The van der Waals surface area contributed by atoms with E-state index in [2.05, 4.69) is 9.97 Å². The highest BCUT2D eigenvalue weighted by atomic mass is 16.4. The third-order valence-electron chi connectivity index (χ3n) is 4.94. The molecule has 10 nitrogen and oxygen atoms in total. The molecular weight excluding hydrogens is 366 g/mol. The van der Waals surface area contributed by atoms with Crippen LogP contribution in [0.1, 0.15) is 27.9 Å². The third-order valence-corrected chi connectivity index (χ3v) is 4.94. The van der Waals surface area contributed by atoms with Crippen molar-refractivity contribution in [1.82, 2.24) is 19.3 Å². The molecule has 2 atom stereocenters. The first-order valence-electron chi connectivity index (χ1n) is 8.60. The topological polar surface area (TPSA) is 144 Å². The minimum absolute atomic E-state index is 0.0688. The van der Waals surface area contributed by atoms with Crippen molar-refractivity contribution < 1.29 is 23.9 Å². The van der Waals surface area contributed by atoms with Crippen molar-refractivity contribution in [1.29, 1.82) is 0 Å². The average molecular weight is 383 g/mol. The van der Waals surface area contributed by atoms with E-state index in [-0.39, 0.29) is 35.4 Å². The summed E-state index contributed by atoms with van der Waals surface area (Å²) in [6.07, 6.45) is 2.77. The standard InChI is InChI=1S/C18H17N5O5/c1-9-6-22(7-10(9)18(26)27)17(25)12-5-11(13-3-2-4-28-13)21-16-14(15(19)24)20-8-23(12)16/h2-5,8-10H,6-7H2,1H3,(H2,19,24)(H,26,27)/t9-,10-/m1/s1. The summed E-state index contributed by atoms with van der Waals surface area (Å²) in [7, 11) is 0. The number of hydrogen-bond donors (Lipinski definition) is 2. The highest BCUT2D eigenvalue weighted by Crippen LogP contribution is 2.27. The minimum Gasteiger partial charge on any atom is -0.481 e. The van der Waals surface area contributed by atoms with E-state index in [9.17, 15) is 19.5 Å². The largest absolute Gasteiger partial charge is 0.481 e. The van der Waals surface area contributed by atoms with Gasteiger partial charge in [0.1, 0.15) is 17.7 Å². The van der Waals surface area contributed by atoms with Crippen molar-refractivity contribution in [2.75, 3.05) is 13.1 Å². The third kappa shape index (κ3) is 2.79. The van der Waals surface area contributed by atoms with Crippen LogP contribution >= 0.6 is 0 Å². The molecule has 1 fully saturated rings. The first-order valence-corrected chi connectivity index (χ1v) is 8.60. The van der Waals surface area contributed by atoms with Crippen LogP contribution in [-0.2, 0) is 4.79 Å². The number of aromatic nitrogens is 3. The molecular formula is C18H17N5O5. The van der Waals surface area contributed by atoms with Gasteiger partial charge in [0.15, 0.2) is 17.1 Å². The molecule has 1 aliphatic rings. The Kier molecular flexibility index (Phi) is 4.10. The van der Waals surface area contributed by atoms with E-state index in [1.54, 1.807) is 19.1 Å². The number of carbonyl (C=O) groups is 3. The number of rotatable bonds is 4. The van der Waals surface area contributed by atoms with E-state index in [1.807, 2.05) is 0 Å². The molecule has 0 aliphatic carbocycles. The molecule has 10 heteroatoms. The van der Waals surface area contributed by atoms with Crippen LogP contribution in [-0.4, -0.2) is 55.2 Å². The second-order valence-corrected chi connectivity index (χ2v) is 6.79. The van der Waals surface area contributed by atoms with Gasteiger partial charge in [-0.25, -0.2) is 9.97 Å². The molecule has 4 rings (SSSR count). The molecule has 0 unspecified atom stereocenters. The fraction of sp³-hybridized carbons (Fsp3) is 0.278. The Morgan fingerprint density at radius 3 is 2.71 bits per heavy atom. The zero-order valence-corrected chi connectivity index (χ0v) is 14.9. The molecule has 3 aromatic rings. The predicted molar refractivity (Wildman–Crippen MR) is 95.4 cm³/mol. The lowest BCUT2D eigenvalue weighted by Gasteiger charge is -2.17. The molecule has 144 valence electrons.